The number of rotatable bonds is 4. The van der Waals surface area contributed by atoms with Crippen LogP contribution in [0.4, 0.5) is 4.39 Å². The lowest BCUT2D eigenvalue weighted by Crippen LogP contribution is -2.12. The average Bonchev–Trinajstić information content (AvgIpc) is 2.44. The van der Waals surface area contributed by atoms with E-state index in [0.29, 0.717) is 16.6 Å². The smallest absolute Gasteiger partial charge is 0.150 e. The van der Waals surface area contributed by atoms with E-state index in [4.69, 9.17) is 11.6 Å². The summed E-state index contributed by atoms with van der Waals surface area (Å²) in [7, 11) is 0. The van der Waals surface area contributed by atoms with Gasteiger partial charge < -0.3 is 5.32 Å². The molecule has 0 unspecified atom stereocenters. The Morgan fingerprint density at radius 1 is 1.20 bits per heavy atom. The van der Waals surface area contributed by atoms with Crippen LogP contribution in [0.3, 0.4) is 0 Å². The Morgan fingerprint density at radius 2 is 1.95 bits per heavy atom. The lowest BCUT2D eigenvalue weighted by atomic mass is 9.97. The summed E-state index contributed by atoms with van der Waals surface area (Å²) in [6.45, 7) is 5.62. The zero-order chi connectivity index (χ0) is 14.7. The van der Waals surface area contributed by atoms with Crippen molar-refractivity contribution in [3.05, 3.63) is 56.8 Å². The first-order valence-electron chi connectivity index (χ1n) is 6.48. The highest BCUT2D eigenvalue weighted by molar-refractivity contribution is 9.10. The van der Waals surface area contributed by atoms with Gasteiger partial charge in [0, 0.05) is 16.6 Å². The number of benzene rings is 2. The molecule has 0 bridgehead atoms. The van der Waals surface area contributed by atoms with E-state index < -0.39 is 0 Å². The molecule has 0 fully saturated rings. The third-order valence-corrected chi connectivity index (χ3v) is 4.41. The second kappa shape index (κ2) is 6.70. The predicted octanol–water partition coefficient (Wildman–Crippen LogP) is 5.33. The van der Waals surface area contributed by atoms with Gasteiger partial charge in [0.15, 0.2) is 5.82 Å². The van der Waals surface area contributed by atoms with Crippen molar-refractivity contribution in [3.63, 3.8) is 0 Å². The topological polar surface area (TPSA) is 12.0 Å². The Hall–Kier alpha value is -0.900. The first kappa shape index (κ1) is 15.5. The van der Waals surface area contributed by atoms with Crippen molar-refractivity contribution < 1.29 is 4.39 Å². The van der Waals surface area contributed by atoms with Crippen molar-refractivity contribution in [3.8, 4) is 11.1 Å². The van der Waals surface area contributed by atoms with Crippen LogP contribution in [0, 0.1) is 12.7 Å². The van der Waals surface area contributed by atoms with E-state index in [9.17, 15) is 4.39 Å². The summed E-state index contributed by atoms with van der Waals surface area (Å²) in [6, 6.07) is 9.60. The molecule has 0 saturated heterocycles. The van der Waals surface area contributed by atoms with Gasteiger partial charge in [-0.2, -0.15) is 0 Å². The van der Waals surface area contributed by atoms with E-state index in [1.807, 2.05) is 32.0 Å². The molecule has 0 heterocycles. The summed E-state index contributed by atoms with van der Waals surface area (Å²) in [5.74, 6) is -0.385. The fraction of sp³-hybridized carbons (Fsp3) is 0.250. The number of halogens is 3. The monoisotopic (exact) mass is 355 g/mol. The molecule has 2 aromatic rings. The molecule has 1 N–H and O–H groups in total. The Morgan fingerprint density at radius 3 is 2.65 bits per heavy atom. The van der Waals surface area contributed by atoms with Crippen LogP contribution in [0.25, 0.3) is 11.1 Å². The molecule has 1 nitrogen and oxygen atoms in total. The molecule has 2 rings (SSSR count). The van der Waals surface area contributed by atoms with E-state index in [-0.39, 0.29) is 10.8 Å². The fourth-order valence-corrected chi connectivity index (χ4v) is 2.56. The van der Waals surface area contributed by atoms with Crippen molar-refractivity contribution in [2.24, 2.45) is 0 Å². The van der Waals surface area contributed by atoms with Gasteiger partial charge in [0.1, 0.15) is 0 Å². The van der Waals surface area contributed by atoms with Crippen LogP contribution in [0.1, 0.15) is 18.1 Å². The molecule has 0 aliphatic rings. The molecule has 106 valence electrons. The average molecular weight is 357 g/mol. The molecule has 0 radical (unpaired) electrons. The minimum Gasteiger partial charge on any atom is -0.313 e. The summed E-state index contributed by atoms with van der Waals surface area (Å²) in [5.41, 5.74) is 3.58. The van der Waals surface area contributed by atoms with Crippen LogP contribution >= 0.6 is 27.5 Å². The van der Waals surface area contributed by atoms with Crippen molar-refractivity contribution >= 4 is 27.5 Å². The summed E-state index contributed by atoms with van der Waals surface area (Å²) in [6.07, 6.45) is 0. The Kier molecular flexibility index (Phi) is 5.19. The van der Waals surface area contributed by atoms with Crippen LogP contribution < -0.4 is 5.32 Å². The van der Waals surface area contributed by atoms with Gasteiger partial charge in [0.25, 0.3) is 0 Å². The SMILES string of the molecule is CCNCc1ccc(C)cc1-c1ccc(Br)c(Cl)c1F. The van der Waals surface area contributed by atoms with Crippen LogP contribution in [-0.4, -0.2) is 6.54 Å². The highest BCUT2D eigenvalue weighted by atomic mass is 79.9. The van der Waals surface area contributed by atoms with Crippen molar-refractivity contribution in [1.29, 1.82) is 0 Å². The zero-order valence-electron chi connectivity index (χ0n) is 11.4. The Labute approximate surface area is 132 Å². The minimum absolute atomic E-state index is 0.124. The maximum absolute atomic E-state index is 14.4. The summed E-state index contributed by atoms with van der Waals surface area (Å²) in [5, 5.41) is 3.40. The van der Waals surface area contributed by atoms with Crippen LogP contribution in [0.15, 0.2) is 34.8 Å². The summed E-state index contributed by atoms with van der Waals surface area (Å²) >= 11 is 9.24. The predicted molar refractivity (Wildman–Crippen MR) is 86.7 cm³/mol. The fourth-order valence-electron chi connectivity index (χ4n) is 2.09. The van der Waals surface area contributed by atoms with E-state index in [2.05, 4.69) is 21.2 Å². The maximum atomic E-state index is 14.4. The molecule has 0 atom stereocenters. The van der Waals surface area contributed by atoms with Gasteiger partial charge in [-0.3, -0.25) is 0 Å². The lowest BCUT2D eigenvalue weighted by Gasteiger charge is -2.13. The quantitative estimate of drug-likeness (QED) is 0.730. The zero-order valence-corrected chi connectivity index (χ0v) is 13.8. The van der Waals surface area contributed by atoms with Gasteiger partial charge in [-0.1, -0.05) is 48.4 Å². The molecular formula is C16H16BrClFN. The summed E-state index contributed by atoms with van der Waals surface area (Å²) < 4.78 is 15.0. The normalized spacial score (nSPS) is 10.8. The van der Waals surface area contributed by atoms with Crippen molar-refractivity contribution in [2.45, 2.75) is 20.4 Å². The van der Waals surface area contributed by atoms with E-state index >= 15 is 0 Å². The van der Waals surface area contributed by atoms with E-state index in [0.717, 1.165) is 23.2 Å². The maximum Gasteiger partial charge on any atom is 0.150 e. The highest BCUT2D eigenvalue weighted by Gasteiger charge is 2.14. The number of aryl methyl sites for hydroxylation is 1. The molecule has 0 aromatic heterocycles. The number of hydrogen-bond acceptors (Lipinski definition) is 1. The number of hydrogen-bond donors (Lipinski definition) is 1. The molecule has 0 amide bonds. The first-order chi connectivity index (χ1) is 9.54. The molecule has 0 aliphatic heterocycles. The Balaban J connectivity index is 2.56. The molecule has 0 saturated carbocycles. The first-order valence-corrected chi connectivity index (χ1v) is 7.65. The third-order valence-electron chi connectivity index (χ3n) is 3.16. The van der Waals surface area contributed by atoms with Gasteiger partial charge in [0.2, 0.25) is 0 Å². The third kappa shape index (κ3) is 3.22. The summed E-state index contributed by atoms with van der Waals surface area (Å²) in [4.78, 5) is 0. The molecule has 0 aliphatic carbocycles. The van der Waals surface area contributed by atoms with Crippen molar-refractivity contribution in [1.82, 2.24) is 5.32 Å². The molecule has 0 spiro atoms. The molecule has 2 aromatic carbocycles. The second-order valence-electron chi connectivity index (χ2n) is 4.66. The molecule has 4 heteroatoms. The number of nitrogens with one attached hydrogen (secondary N) is 1. The van der Waals surface area contributed by atoms with Crippen LogP contribution in [0.2, 0.25) is 5.02 Å². The Bertz CT molecular complexity index is 628. The van der Waals surface area contributed by atoms with Gasteiger partial charge in [-0.15, -0.1) is 0 Å². The highest BCUT2D eigenvalue weighted by Crippen LogP contribution is 2.35. The second-order valence-corrected chi connectivity index (χ2v) is 5.90. The van der Waals surface area contributed by atoms with Crippen LogP contribution in [-0.2, 0) is 6.54 Å². The van der Waals surface area contributed by atoms with E-state index in [1.54, 1.807) is 12.1 Å². The van der Waals surface area contributed by atoms with Crippen molar-refractivity contribution in [2.75, 3.05) is 6.54 Å². The van der Waals surface area contributed by atoms with Gasteiger partial charge in [-0.25, -0.2) is 4.39 Å². The van der Waals surface area contributed by atoms with Gasteiger partial charge >= 0.3 is 0 Å². The lowest BCUT2D eigenvalue weighted by molar-refractivity contribution is 0.630. The molecular weight excluding hydrogens is 341 g/mol. The molecule has 20 heavy (non-hydrogen) atoms. The largest absolute Gasteiger partial charge is 0.313 e. The van der Waals surface area contributed by atoms with Crippen LogP contribution in [0.5, 0.6) is 0 Å². The van der Waals surface area contributed by atoms with Gasteiger partial charge in [0.05, 0.1) is 5.02 Å². The minimum atomic E-state index is -0.385. The standard InChI is InChI=1S/C16H16BrClFN/c1-3-20-9-11-5-4-10(2)8-13(11)12-6-7-14(17)15(18)16(12)19/h4-8,20H,3,9H2,1-2H3. The van der Waals surface area contributed by atoms with Gasteiger partial charge in [-0.05, 0) is 46.6 Å². The van der Waals surface area contributed by atoms with E-state index in [1.165, 1.54) is 0 Å².